The molecule has 2 heterocycles. The van der Waals surface area contributed by atoms with Crippen molar-refractivity contribution in [3.05, 3.63) is 59.7 Å². The maximum Gasteiger partial charge on any atom is 0.326 e. The minimum Gasteiger partial charge on any atom is -0.497 e. The number of benzene rings is 2. The summed E-state index contributed by atoms with van der Waals surface area (Å²) in [5.41, 5.74) is 2.05. The van der Waals surface area contributed by atoms with E-state index in [4.69, 9.17) is 9.73 Å². The lowest BCUT2D eigenvalue weighted by Crippen LogP contribution is -2.34. The Morgan fingerprint density at radius 3 is 2.79 bits per heavy atom. The second-order valence-electron chi connectivity index (χ2n) is 6.48. The van der Waals surface area contributed by atoms with Crippen LogP contribution in [0.1, 0.15) is 22.0 Å². The average molecular weight is 396 g/mol. The van der Waals surface area contributed by atoms with Gasteiger partial charge in [-0.05, 0) is 42.0 Å². The molecule has 4 rings (SSSR count). The summed E-state index contributed by atoms with van der Waals surface area (Å²) in [5.74, 6) is 1.26. The number of carbonyl (C=O) groups is 2. The first-order valence-electron chi connectivity index (χ1n) is 8.94. The topological polar surface area (TPSA) is 83.0 Å². The molecule has 0 aliphatic carbocycles. The van der Waals surface area contributed by atoms with Gasteiger partial charge in [0.05, 0.1) is 13.2 Å². The SMILES string of the molecule is COc1ccc(C(=O)NC(=O)Nc2cccc(C3CN4CCSC4=N3)c2)cc1. The quantitative estimate of drug-likeness (QED) is 0.830. The standard InChI is InChI=1S/C20H20N4O3S/c1-27-16-7-5-13(6-8-16)18(25)23-19(26)21-15-4-2-3-14(11-15)17-12-24-9-10-28-20(24)22-17/h2-8,11,17H,9-10,12H2,1H3,(H2,21,23,25,26). The molecule has 2 aromatic carbocycles. The Morgan fingerprint density at radius 2 is 2.04 bits per heavy atom. The van der Waals surface area contributed by atoms with E-state index in [0.717, 1.165) is 29.6 Å². The monoisotopic (exact) mass is 396 g/mol. The van der Waals surface area contributed by atoms with Gasteiger partial charge in [0, 0.05) is 30.1 Å². The van der Waals surface area contributed by atoms with Crippen LogP contribution < -0.4 is 15.4 Å². The van der Waals surface area contributed by atoms with Gasteiger partial charge in [-0.25, -0.2) is 4.79 Å². The molecule has 0 saturated carbocycles. The van der Waals surface area contributed by atoms with E-state index in [1.54, 1.807) is 49.2 Å². The summed E-state index contributed by atoms with van der Waals surface area (Å²) in [7, 11) is 1.55. The molecule has 0 aromatic heterocycles. The predicted molar refractivity (Wildman–Crippen MR) is 110 cm³/mol. The molecule has 1 saturated heterocycles. The third-order valence-electron chi connectivity index (χ3n) is 4.63. The zero-order valence-electron chi connectivity index (χ0n) is 15.3. The lowest BCUT2D eigenvalue weighted by Gasteiger charge is -2.14. The molecule has 2 N–H and O–H groups in total. The molecule has 2 aromatic rings. The van der Waals surface area contributed by atoms with E-state index in [9.17, 15) is 9.59 Å². The molecule has 2 aliphatic heterocycles. The number of aliphatic imine (C=N–C) groups is 1. The van der Waals surface area contributed by atoms with Gasteiger partial charge in [0.15, 0.2) is 5.17 Å². The van der Waals surface area contributed by atoms with Gasteiger partial charge in [-0.2, -0.15) is 0 Å². The number of imide groups is 1. The van der Waals surface area contributed by atoms with Crippen LogP contribution in [0.4, 0.5) is 10.5 Å². The molecule has 0 spiro atoms. The molecule has 0 bridgehead atoms. The molecule has 2 aliphatic rings. The van der Waals surface area contributed by atoms with Crippen molar-refractivity contribution in [2.45, 2.75) is 6.04 Å². The normalized spacial score (nSPS) is 17.7. The molecule has 0 radical (unpaired) electrons. The Kier molecular flexibility index (Phi) is 5.21. The molecular weight excluding hydrogens is 376 g/mol. The van der Waals surface area contributed by atoms with Crippen LogP contribution in [-0.2, 0) is 0 Å². The molecule has 1 atom stereocenters. The lowest BCUT2D eigenvalue weighted by molar-refractivity contribution is 0.0967. The second-order valence-corrected chi connectivity index (χ2v) is 7.55. The Balaban J connectivity index is 1.38. The van der Waals surface area contributed by atoms with Crippen LogP contribution >= 0.6 is 11.8 Å². The minimum atomic E-state index is -0.577. The Hall–Kier alpha value is -3.00. The molecule has 28 heavy (non-hydrogen) atoms. The van der Waals surface area contributed by atoms with Gasteiger partial charge in [-0.3, -0.25) is 15.1 Å². The minimum absolute atomic E-state index is 0.0774. The molecule has 7 nitrogen and oxygen atoms in total. The Labute approximate surface area is 167 Å². The van der Waals surface area contributed by atoms with Crippen LogP contribution in [0.25, 0.3) is 0 Å². The summed E-state index contributed by atoms with van der Waals surface area (Å²) in [4.78, 5) is 31.4. The van der Waals surface area contributed by atoms with Gasteiger partial charge in [0.1, 0.15) is 5.75 Å². The third-order valence-corrected chi connectivity index (χ3v) is 5.64. The van der Waals surface area contributed by atoms with Crippen molar-refractivity contribution in [2.24, 2.45) is 4.99 Å². The van der Waals surface area contributed by atoms with E-state index in [2.05, 4.69) is 15.5 Å². The van der Waals surface area contributed by atoms with Gasteiger partial charge in [-0.1, -0.05) is 23.9 Å². The molecule has 1 fully saturated rings. The fourth-order valence-electron chi connectivity index (χ4n) is 3.19. The van der Waals surface area contributed by atoms with Gasteiger partial charge in [-0.15, -0.1) is 0 Å². The first-order chi connectivity index (χ1) is 13.6. The number of anilines is 1. The van der Waals surface area contributed by atoms with Crippen molar-refractivity contribution in [3.8, 4) is 5.75 Å². The van der Waals surface area contributed by atoms with E-state index in [1.807, 2.05) is 18.2 Å². The fourth-order valence-corrected chi connectivity index (χ4v) is 4.23. The number of amidine groups is 1. The first-order valence-corrected chi connectivity index (χ1v) is 9.93. The van der Waals surface area contributed by atoms with Crippen LogP contribution in [0.2, 0.25) is 0 Å². The number of ether oxygens (including phenoxy) is 1. The first kappa shape index (κ1) is 18.4. The number of rotatable bonds is 4. The van der Waals surface area contributed by atoms with Crippen molar-refractivity contribution >= 4 is 34.6 Å². The summed E-state index contributed by atoms with van der Waals surface area (Å²) < 4.78 is 5.06. The van der Waals surface area contributed by atoms with E-state index in [1.165, 1.54) is 0 Å². The van der Waals surface area contributed by atoms with E-state index < -0.39 is 11.9 Å². The highest BCUT2D eigenvalue weighted by molar-refractivity contribution is 8.14. The number of urea groups is 1. The Bertz CT molecular complexity index is 929. The predicted octanol–water partition coefficient (Wildman–Crippen LogP) is 3.12. The van der Waals surface area contributed by atoms with Gasteiger partial charge in [0.25, 0.3) is 5.91 Å². The molecule has 144 valence electrons. The third kappa shape index (κ3) is 3.96. The Morgan fingerprint density at radius 1 is 1.21 bits per heavy atom. The zero-order chi connectivity index (χ0) is 19.5. The maximum absolute atomic E-state index is 12.2. The van der Waals surface area contributed by atoms with Crippen LogP contribution in [0.3, 0.4) is 0 Å². The van der Waals surface area contributed by atoms with E-state index >= 15 is 0 Å². The average Bonchev–Trinajstić information content (AvgIpc) is 3.30. The maximum atomic E-state index is 12.2. The number of nitrogens with zero attached hydrogens (tertiary/aromatic N) is 2. The van der Waals surface area contributed by atoms with Crippen LogP contribution in [-0.4, -0.2) is 48.0 Å². The van der Waals surface area contributed by atoms with Gasteiger partial charge >= 0.3 is 6.03 Å². The highest BCUT2D eigenvalue weighted by Crippen LogP contribution is 2.32. The molecular formula is C20H20N4O3S. The molecule has 8 heteroatoms. The van der Waals surface area contributed by atoms with Gasteiger partial charge < -0.3 is 15.0 Å². The number of hydrogen-bond donors (Lipinski definition) is 2. The van der Waals surface area contributed by atoms with Crippen LogP contribution in [0.5, 0.6) is 5.75 Å². The summed E-state index contributed by atoms with van der Waals surface area (Å²) in [6.07, 6.45) is 0. The van der Waals surface area contributed by atoms with Crippen LogP contribution in [0.15, 0.2) is 53.5 Å². The van der Waals surface area contributed by atoms with Crippen molar-refractivity contribution < 1.29 is 14.3 Å². The summed E-state index contributed by atoms with van der Waals surface area (Å²) in [6, 6.07) is 13.6. The van der Waals surface area contributed by atoms with Crippen molar-refractivity contribution in [2.75, 3.05) is 31.3 Å². The number of methoxy groups -OCH3 is 1. The summed E-state index contributed by atoms with van der Waals surface area (Å²) in [5, 5.41) is 6.15. The zero-order valence-corrected chi connectivity index (χ0v) is 16.2. The fraction of sp³-hybridized carbons (Fsp3) is 0.250. The van der Waals surface area contributed by atoms with E-state index in [-0.39, 0.29) is 6.04 Å². The molecule has 1 unspecified atom stereocenters. The van der Waals surface area contributed by atoms with Gasteiger partial charge in [0.2, 0.25) is 0 Å². The van der Waals surface area contributed by atoms with Crippen molar-refractivity contribution in [1.82, 2.24) is 10.2 Å². The number of nitrogens with one attached hydrogen (secondary N) is 2. The number of carbonyl (C=O) groups excluding carboxylic acids is 2. The number of fused-ring (bicyclic) bond motifs is 1. The smallest absolute Gasteiger partial charge is 0.326 e. The second kappa shape index (κ2) is 7.93. The number of amides is 3. The number of hydrogen-bond acceptors (Lipinski definition) is 6. The highest BCUT2D eigenvalue weighted by atomic mass is 32.2. The summed E-state index contributed by atoms with van der Waals surface area (Å²) in [6.45, 7) is 1.90. The lowest BCUT2D eigenvalue weighted by atomic mass is 10.1. The largest absolute Gasteiger partial charge is 0.497 e. The highest BCUT2D eigenvalue weighted by Gasteiger charge is 2.30. The van der Waals surface area contributed by atoms with E-state index in [0.29, 0.717) is 17.0 Å². The van der Waals surface area contributed by atoms with Crippen LogP contribution in [0, 0.1) is 0 Å². The summed E-state index contributed by atoms with van der Waals surface area (Å²) >= 11 is 1.78. The van der Waals surface area contributed by atoms with Crippen molar-refractivity contribution in [3.63, 3.8) is 0 Å². The molecule has 3 amide bonds. The number of thioether (sulfide) groups is 1. The van der Waals surface area contributed by atoms with Crippen molar-refractivity contribution in [1.29, 1.82) is 0 Å².